The standard InChI is InChI=1S/C22H25N3O5S/c1-16(19-7-3-4-8-20(19)30-2)15-21(26)23-24-22(27)17-9-11-18(12-10-17)31(28,29)25-13-5-6-14-25/h3-4,7-12,15H,5-6,13-14H2,1-2H3,(H,23,26)(H,24,27). The number of para-hydroxylation sites is 1. The van der Waals surface area contributed by atoms with Gasteiger partial charge in [-0.25, -0.2) is 8.42 Å². The molecule has 0 aliphatic carbocycles. The van der Waals surface area contributed by atoms with Crippen molar-refractivity contribution >= 4 is 27.4 Å². The number of hydrogen-bond acceptors (Lipinski definition) is 5. The number of benzene rings is 2. The predicted octanol–water partition coefficient (Wildman–Crippen LogP) is 2.34. The van der Waals surface area contributed by atoms with Crippen LogP contribution in [0.25, 0.3) is 5.57 Å². The Morgan fingerprint density at radius 1 is 1.00 bits per heavy atom. The van der Waals surface area contributed by atoms with Crippen molar-refractivity contribution in [2.24, 2.45) is 0 Å². The molecule has 1 heterocycles. The fourth-order valence-electron chi connectivity index (χ4n) is 3.33. The zero-order chi connectivity index (χ0) is 22.4. The molecule has 2 amide bonds. The van der Waals surface area contributed by atoms with E-state index in [1.54, 1.807) is 20.1 Å². The summed E-state index contributed by atoms with van der Waals surface area (Å²) in [4.78, 5) is 24.6. The molecule has 2 aromatic carbocycles. The van der Waals surface area contributed by atoms with Gasteiger partial charge in [0.1, 0.15) is 5.75 Å². The third-order valence-corrected chi connectivity index (χ3v) is 6.91. The molecule has 0 unspecified atom stereocenters. The van der Waals surface area contributed by atoms with E-state index in [0.29, 0.717) is 24.4 Å². The first-order valence-electron chi connectivity index (χ1n) is 9.85. The molecule has 164 valence electrons. The van der Waals surface area contributed by atoms with Crippen LogP contribution in [0.15, 0.2) is 59.5 Å². The second kappa shape index (κ2) is 9.76. The lowest BCUT2D eigenvalue weighted by Gasteiger charge is -2.15. The minimum atomic E-state index is -3.54. The maximum Gasteiger partial charge on any atom is 0.269 e. The Balaban J connectivity index is 1.61. The molecule has 0 spiro atoms. The zero-order valence-electron chi connectivity index (χ0n) is 17.4. The summed E-state index contributed by atoms with van der Waals surface area (Å²) in [5.74, 6) is -0.427. The van der Waals surface area contributed by atoms with Crippen molar-refractivity contribution in [2.45, 2.75) is 24.7 Å². The molecule has 0 bridgehead atoms. The largest absolute Gasteiger partial charge is 0.496 e. The lowest BCUT2D eigenvalue weighted by Crippen LogP contribution is -2.40. The summed E-state index contributed by atoms with van der Waals surface area (Å²) in [5, 5.41) is 0. The second-order valence-corrected chi connectivity index (χ2v) is 9.04. The number of hydrazine groups is 1. The Morgan fingerprint density at radius 3 is 2.29 bits per heavy atom. The van der Waals surface area contributed by atoms with Crippen molar-refractivity contribution in [1.29, 1.82) is 0 Å². The number of carbonyl (C=O) groups excluding carboxylic acids is 2. The summed E-state index contributed by atoms with van der Waals surface area (Å²) in [5.41, 5.74) is 6.31. The van der Waals surface area contributed by atoms with Crippen LogP contribution >= 0.6 is 0 Å². The van der Waals surface area contributed by atoms with Gasteiger partial charge in [0.15, 0.2) is 0 Å². The zero-order valence-corrected chi connectivity index (χ0v) is 18.2. The Hall–Kier alpha value is -3.17. The van der Waals surface area contributed by atoms with Crippen LogP contribution in [-0.2, 0) is 14.8 Å². The van der Waals surface area contributed by atoms with E-state index in [4.69, 9.17) is 4.74 Å². The highest BCUT2D eigenvalue weighted by Crippen LogP contribution is 2.25. The molecular formula is C22H25N3O5S. The van der Waals surface area contributed by atoms with Crippen LogP contribution in [0.3, 0.4) is 0 Å². The minimum Gasteiger partial charge on any atom is -0.496 e. The summed E-state index contributed by atoms with van der Waals surface area (Å²) >= 11 is 0. The van der Waals surface area contributed by atoms with E-state index in [9.17, 15) is 18.0 Å². The number of nitrogens with one attached hydrogen (secondary N) is 2. The number of methoxy groups -OCH3 is 1. The van der Waals surface area contributed by atoms with E-state index in [0.717, 1.165) is 18.4 Å². The highest BCUT2D eigenvalue weighted by Gasteiger charge is 2.27. The van der Waals surface area contributed by atoms with Gasteiger partial charge in [0.25, 0.3) is 11.8 Å². The van der Waals surface area contributed by atoms with Crippen LogP contribution in [0.4, 0.5) is 0 Å². The molecule has 1 aliphatic heterocycles. The molecule has 3 rings (SSSR count). The van der Waals surface area contributed by atoms with Crippen LogP contribution in [-0.4, -0.2) is 44.7 Å². The lowest BCUT2D eigenvalue weighted by molar-refractivity contribution is -0.117. The lowest BCUT2D eigenvalue weighted by atomic mass is 10.1. The number of nitrogens with zero attached hydrogens (tertiary/aromatic N) is 1. The molecule has 8 nitrogen and oxygen atoms in total. The average Bonchev–Trinajstić information content (AvgIpc) is 3.33. The van der Waals surface area contributed by atoms with E-state index in [2.05, 4.69) is 10.9 Å². The molecule has 1 saturated heterocycles. The Kier molecular flexibility index (Phi) is 7.09. The topological polar surface area (TPSA) is 105 Å². The molecule has 2 N–H and O–H groups in total. The summed E-state index contributed by atoms with van der Waals surface area (Å²) in [6, 6.07) is 12.9. The monoisotopic (exact) mass is 443 g/mol. The number of ether oxygens (including phenoxy) is 1. The molecule has 0 radical (unpaired) electrons. The maximum atomic E-state index is 12.5. The Morgan fingerprint density at radius 2 is 1.65 bits per heavy atom. The van der Waals surface area contributed by atoms with E-state index < -0.39 is 21.8 Å². The molecule has 0 saturated carbocycles. The van der Waals surface area contributed by atoms with Gasteiger partial charge in [0, 0.05) is 30.3 Å². The number of sulfonamides is 1. The van der Waals surface area contributed by atoms with E-state index in [1.807, 2.05) is 18.2 Å². The van der Waals surface area contributed by atoms with Crippen molar-refractivity contribution in [1.82, 2.24) is 15.2 Å². The van der Waals surface area contributed by atoms with Crippen molar-refractivity contribution in [3.05, 3.63) is 65.7 Å². The van der Waals surface area contributed by atoms with Crippen LogP contribution in [0.1, 0.15) is 35.7 Å². The SMILES string of the molecule is COc1ccccc1C(C)=CC(=O)NNC(=O)c1ccc(S(=O)(=O)N2CCCC2)cc1. The van der Waals surface area contributed by atoms with Gasteiger partial charge >= 0.3 is 0 Å². The third kappa shape index (κ3) is 5.31. The fraction of sp³-hybridized carbons (Fsp3) is 0.273. The normalized spacial score (nSPS) is 14.8. The van der Waals surface area contributed by atoms with Gasteiger partial charge in [-0.1, -0.05) is 18.2 Å². The smallest absolute Gasteiger partial charge is 0.269 e. The molecule has 9 heteroatoms. The quantitative estimate of drug-likeness (QED) is 0.527. The van der Waals surface area contributed by atoms with Crippen molar-refractivity contribution in [3.8, 4) is 5.75 Å². The minimum absolute atomic E-state index is 0.144. The van der Waals surface area contributed by atoms with Gasteiger partial charge in [-0.3, -0.25) is 20.4 Å². The third-order valence-electron chi connectivity index (χ3n) is 5.00. The number of amides is 2. The Bertz CT molecular complexity index is 1090. The number of allylic oxidation sites excluding steroid dienone is 1. The first-order chi connectivity index (χ1) is 14.8. The van der Waals surface area contributed by atoms with Gasteiger partial charge in [-0.05, 0) is 55.7 Å². The molecular weight excluding hydrogens is 418 g/mol. The average molecular weight is 444 g/mol. The van der Waals surface area contributed by atoms with Gasteiger partial charge in [0.05, 0.1) is 12.0 Å². The predicted molar refractivity (Wildman–Crippen MR) is 117 cm³/mol. The van der Waals surface area contributed by atoms with Crippen LogP contribution in [0.5, 0.6) is 5.75 Å². The molecule has 2 aromatic rings. The van der Waals surface area contributed by atoms with Crippen LogP contribution in [0.2, 0.25) is 0 Å². The fourth-order valence-corrected chi connectivity index (χ4v) is 4.84. The van der Waals surface area contributed by atoms with E-state index >= 15 is 0 Å². The maximum absolute atomic E-state index is 12.5. The molecule has 31 heavy (non-hydrogen) atoms. The number of carbonyl (C=O) groups is 2. The second-order valence-electron chi connectivity index (χ2n) is 7.11. The first-order valence-corrected chi connectivity index (χ1v) is 11.3. The van der Waals surface area contributed by atoms with Gasteiger partial charge in [0.2, 0.25) is 10.0 Å². The summed E-state index contributed by atoms with van der Waals surface area (Å²) < 4.78 is 31.8. The van der Waals surface area contributed by atoms with Gasteiger partial charge in [-0.2, -0.15) is 4.31 Å². The highest BCUT2D eigenvalue weighted by molar-refractivity contribution is 7.89. The number of rotatable bonds is 6. The van der Waals surface area contributed by atoms with Crippen LogP contribution < -0.4 is 15.6 Å². The van der Waals surface area contributed by atoms with Crippen molar-refractivity contribution in [3.63, 3.8) is 0 Å². The van der Waals surface area contributed by atoms with E-state index in [-0.39, 0.29) is 10.5 Å². The highest BCUT2D eigenvalue weighted by atomic mass is 32.2. The molecule has 1 fully saturated rings. The summed E-state index contributed by atoms with van der Waals surface area (Å²) in [7, 11) is -1.99. The first kappa shape index (κ1) is 22.5. The molecule has 0 atom stereocenters. The van der Waals surface area contributed by atoms with E-state index in [1.165, 1.54) is 34.6 Å². The Labute approximate surface area is 181 Å². The number of hydrogen-bond donors (Lipinski definition) is 2. The van der Waals surface area contributed by atoms with Gasteiger partial charge in [-0.15, -0.1) is 0 Å². The van der Waals surface area contributed by atoms with Crippen molar-refractivity contribution < 1.29 is 22.7 Å². The summed E-state index contributed by atoms with van der Waals surface area (Å²) in [6.45, 7) is 2.79. The van der Waals surface area contributed by atoms with Crippen LogP contribution in [0, 0.1) is 0 Å². The van der Waals surface area contributed by atoms with Crippen molar-refractivity contribution in [2.75, 3.05) is 20.2 Å². The van der Waals surface area contributed by atoms with Gasteiger partial charge < -0.3 is 4.74 Å². The molecule has 1 aliphatic rings. The molecule has 0 aromatic heterocycles. The summed E-state index contributed by atoms with van der Waals surface area (Å²) in [6.07, 6.45) is 3.05.